The van der Waals surface area contributed by atoms with E-state index < -0.39 is 0 Å². The maximum Gasteiger partial charge on any atom is 0.319 e. The predicted molar refractivity (Wildman–Crippen MR) is 73.7 cm³/mol. The number of rotatable bonds is 3. The number of aryl methyl sites for hydroxylation is 1. The standard InChI is InChI=1S/C14H20N2O3/c1-10-3-4-12(18-2)9-13(10)16-14(17)15-11-5-7-19-8-6-11/h3-4,9,11H,5-8H2,1-2H3,(H2,15,16,17). The van der Waals surface area contributed by atoms with Crippen molar-refractivity contribution >= 4 is 11.7 Å². The highest BCUT2D eigenvalue weighted by Gasteiger charge is 2.16. The Morgan fingerprint density at radius 1 is 1.37 bits per heavy atom. The lowest BCUT2D eigenvalue weighted by atomic mass is 10.1. The topological polar surface area (TPSA) is 59.6 Å². The van der Waals surface area contributed by atoms with Crippen molar-refractivity contribution in [1.29, 1.82) is 0 Å². The van der Waals surface area contributed by atoms with Crippen molar-refractivity contribution in [1.82, 2.24) is 5.32 Å². The van der Waals surface area contributed by atoms with Crippen LogP contribution in [0.15, 0.2) is 18.2 Å². The number of nitrogens with one attached hydrogen (secondary N) is 2. The van der Waals surface area contributed by atoms with E-state index in [1.807, 2.05) is 25.1 Å². The van der Waals surface area contributed by atoms with E-state index in [2.05, 4.69) is 10.6 Å². The summed E-state index contributed by atoms with van der Waals surface area (Å²) in [6.07, 6.45) is 1.73. The van der Waals surface area contributed by atoms with Crippen LogP contribution >= 0.6 is 0 Å². The van der Waals surface area contributed by atoms with Gasteiger partial charge in [0.15, 0.2) is 0 Å². The largest absolute Gasteiger partial charge is 0.497 e. The third-order valence-electron chi connectivity index (χ3n) is 3.25. The molecule has 1 saturated heterocycles. The molecule has 0 saturated carbocycles. The summed E-state index contributed by atoms with van der Waals surface area (Å²) in [5.41, 5.74) is 1.77. The van der Waals surface area contributed by atoms with Gasteiger partial charge >= 0.3 is 6.03 Å². The van der Waals surface area contributed by atoms with Crippen LogP contribution in [0.5, 0.6) is 5.75 Å². The lowest BCUT2D eigenvalue weighted by molar-refractivity contribution is 0.0806. The second-order valence-corrected chi connectivity index (χ2v) is 4.67. The molecule has 5 heteroatoms. The fourth-order valence-corrected chi connectivity index (χ4v) is 2.05. The fraction of sp³-hybridized carbons (Fsp3) is 0.500. The van der Waals surface area contributed by atoms with Gasteiger partial charge in [0.2, 0.25) is 0 Å². The van der Waals surface area contributed by atoms with Crippen LogP contribution < -0.4 is 15.4 Å². The molecule has 19 heavy (non-hydrogen) atoms. The summed E-state index contributed by atoms with van der Waals surface area (Å²) in [5.74, 6) is 0.729. The number of carbonyl (C=O) groups is 1. The highest BCUT2D eigenvalue weighted by molar-refractivity contribution is 5.90. The molecule has 0 spiro atoms. The lowest BCUT2D eigenvalue weighted by Crippen LogP contribution is -2.41. The molecule has 2 N–H and O–H groups in total. The van der Waals surface area contributed by atoms with Crippen LogP contribution in [0.4, 0.5) is 10.5 Å². The van der Waals surface area contributed by atoms with E-state index in [4.69, 9.17) is 9.47 Å². The fourth-order valence-electron chi connectivity index (χ4n) is 2.05. The van der Waals surface area contributed by atoms with E-state index in [9.17, 15) is 4.79 Å². The third-order valence-corrected chi connectivity index (χ3v) is 3.25. The van der Waals surface area contributed by atoms with Crippen LogP contribution in [0.25, 0.3) is 0 Å². The van der Waals surface area contributed by atoms with E-state index >= 15 is 0 Å². The SMILES string of the molecule is COc1ccc(C)c(NC(=O)NC2CCOCC2)c1. The molecule has 0 atom stereocenters. The van der Waals surface area contributed by atoms with Crippen LogP contribution in [0.1, 0.15) is 18.4 Å². The normalized spacial score (nSPS) is 15.9. The minimum Gasteiger partial charge on any atom is -0.497 e. The molecule has 104 valence electrons. The predicted octanol–water partition coefficient (Wildman–Crippen LogP) is 2.30. The van der Waals surface area contributed by atoms with Crippen LogP contribution in [0.3, 0.4) is 0 Å². The number of benzene rings is 1. The molecule has 1 heterocycles. The Kier molecular flexibility index (Phi) is 4.63. The summed E-state index contributed by atoms with van der Waals surface area (Å²) in [6, 6.07) is 5.63. The molecule has 1 aliphatic heterocycles. The van der Waals surface area contributed by atoms with Crippen molar-refractivity contribution in [3.05, 3.63) is 23.8 Å². The molecule has 2 amide bonds. The molecule has 0 unspecified atom stereocenters. The first-order valence-electron chi connectivity index (χ1n) is 6.49. The molecule has 2 rings (SSSR count). The average molecular weight is 264 g/mol. The van der Waals surface area contributed by atoms with Crippen molar-refractivity contribution in [3.63, 3.8) is 0 Å². The number of hydrogen-bond donors (Lipinski definition) is 2. The number of urea groups is 1. The Bertz CT molecular complexity index is 442. The van der Waals surface area contributed by atoms with Crippen LogP contribution in [0, 0.1) is 6.92 Å². The van der Waals surface area contributed by atoms with E-state index in [0.29, 0.717) is 13.2 Å². The van der Waals surface area contributed by atoms with Gasteiger partial charge in [-0.05, 0) is 31.4 Å². The maximum atomic E-state index is 11.9. The summed E-state index contributed by atoms with van der Waals surface area (Å²) in [7, 11) is 1.61. The van der Waals surface area contributed by atoms with E-state index in [-0.39, 0.29) is 12.1 Å². The Morgan fingerprint density at radius 2 is 2.11 bits per heavy atom. The molecule has 0 radical (unpaired) electrons. The second-order valence-electron chi connectivity index (χ2n) is 4.67. The van der Waals surface area contributed by atoms with E-state index in [1.54, 1.807) is 7.11 Å². The number of hydrogen-bond acceptors (Lipinski definition) is 3. The summed E-state index contributed by atoms with van der Waals surface area (Å²) >= 11 is 0. The van der Waals surface area contributed by atoms with Gasteiger partial charge in [0.05, 0.1) is 7.11 Å². The van der Waals surface area contributed by atoms with Crippen molar-refractivity contribution < 1.29 is 14.3 Å². The van der Waals surface area contributed by atoms with Gasteiger partial charge in [-0.3, -0.25) is 0 Å². The average Bonchev–Trinajstić information content (AvgIpc) is 2.42. The number of ether oxygens (including phenoxy) is 2. The Labute approximate surface area is 113 Å². The smallest absolute Gasteiger partial charge is 0.319 e. The van der Waals surface area contributed by atoms with Gasteiger partial charge in [-0.25, -0.2) is 4.79 Å². The van der Waals surface area contributed by atoms with Crippen molar-refractivity contribution in [2.24, 2.45) is 0 Å². The third kappa shape index (κ3) is 3.86. The van der Waals surface area contributed by atoms with Crippen LogP contribution in [-0.4, -0.2) is 32.4 Å². The minimum absolute atomic E-state index is 0.178. The molecular weight excluding hydrogens is 244 g/mol. The Balaban J connectivity index is 1.94. The molecular formula is C14H20N2O3. The number of methoxy groups -OCH3 is 1. The first kappa shape index (κ1) is 13.7. The van der Waals surface area contributed by atoms with Gasteiger partial charge in [-0.1, -0.05) is 6.07 Å². The first-order valence-corrected chi connectivity index (χ1v) is 6.49. The quantitative estimate of drug-likeness (QED) is 0.880. The summed E-state index contributed by atoms with van der Waals surface area (Å²) in [4.78, 5) is 11.9. The highest BCUT2D eigenvalue weighted by atomic mass is 16.5. The molecule has 1 aromatic rings. The summed E-state index contributed by atoms with van der Waals surface area (Å²) < 4.78 is 10.4. The van der Waals surface area contributed by atoms with E-state index in [0.717, 1.165) is 29.8 Å². The van der Waals surface area contributed by atoms with Gasteiger partial charge < -0.3 is 20.1 Å². The summed E-state index contributed by atoms with van der Waals surface area (Å²) in [5, 5.41) is 5.82. The molecule has 1 aromatic carbocycles. The van der Waals surface area contributed by atoms with Crippen molar-refractivity contribution in [2.75, 3.05) is 25.6 Å². The zero-order valence-electron chi connectivity index (χ0n) is 11.4. The molecule has 5 nitrogen and oxygen atoms in total. The Morgan fingerprint density at radius 3 is 2.79 bits per heavy atom. The molecule has 1 fully saturated rings. The maximum absolute atomic E-state index is 11.9. The van der Waals surface area contributed by atoms with E-state index in [1.165, 1.54) is 0 Å². The van der Waals surface area contributed by atoms with Gasteiger partial charge in [0.25, 0.3) is 0 Å². The summed E-state index contributed by atoms with van der Waals surface area (Å²) in [6.45, 7) is 3.37. The van der Waals surface area contributed by atoms with Crippen LogP contribution in [-0.2, 0) is 4.74 Å². The van der Waals surface area contributed by atoms with Gasteiger partial charge in [0, 0.05) is 31.0 Å². The first-order chi connectivity index (χ1) is 9.19. The van der Waals surface area contributed by atoms with Crippen molar-refractivity contribution in [2.45, 2.75) is 25.8 Å². The number of anilines is 1. The Hall–Kier alpha value is -1.75. The minimum atomic E-state index is -0.178. The number of carbonyl (C=O) groups excluding carboxylic acids is 1. The molecule has 0 aromatic heterocycles. The molecule has 0 aliphatic carbocycles. The van der Waals surface area contributed by atoms with Crippen LogP contribution in [0.2, 0.25) is 0 Å². The van der Waals surface area contributed by atoms with Gasteiger partial charge in [-0.2, -0.15) is 0 Å². The van der Waals surface area contributed by atoms with Crippen molar-refractivity contribution in [3.8, 4) is 5.75 Å². The number of amides is 2. The van der Waals surface area contributed by atoms with Gasteiger partial charge in [0.1, 0.15) is 5.75 Å². The molecule has 1 aliphatic rings. The highest BCUT2D eigenvalue weighted by Crippen LogP contribution is 2.21. The second kappa shape index (κ2) is 6.43. The molecule has 0 bridgehead atoms. The zero-order chi connectivity index (χ0) is 13.7. The lowest BCUT2D eigenvalue weighted by Gasteiger charge is -2.23. The zero-order valence-corrected chi connectivity index (χ0v) is 11.4. The van der Waals surface area contributed by atoms with Gasteiger partial charge in [-0.15, -0.1) is 0 Å². The monoisotopic (exact) mass is 264 g/mol.